The van der Waals surface area contributed by atoms with Crippen LogP contribution >= 0.6 is 0 Å². The van der Waals surface area contributed by atoms with Gasteiger partial charge in [0.1, 0.15) is 0 Å². The molecule has 140 valence electrons. The first-order valence-electron chi connectivity index (χ1n) is 9.43. The Balaban J connectivity index is 1.53. The van der Waals surface area contributed by atoms with E-state index in [9.17, 15) is 9.59 Å². The number of carbonyl (C=O) groups excluding carboxylic acids is 1. The van der Waals surface area contributed by atoms with E-state index in [1.165, 1.54) is 0 Å². The summed E-state index contributed by atoms with van der Waals surface area (Å²) in [5.41, 5.74) is 3.61. The molecule has 6 heteroatoms. The number of hydrogen-bond acceptors (Lipinski definition) is 3. The third kappa shape index (κ3) is 3.16. The van der Waals surface area contributed by atoms with Crippen molar-refractivity contribution in [2.75, 3.05) is 6.54 Å². The number of carbonyl (C=O) groups is 1. The van der Waals surface area contributed by atoms with Gasteiger partial charge in [-0.2, -0.15) is 0 Å². The van der Waals surface area contributed by atoms with E-state index in [-0.39, 0.29) is 17.6 Å². The Morgan fingerprint density at radius 2 is 1.93 bits per heavy atom. The molecule has 1 aliphatic rings. The molecule has 0 aliphatic carbocycles. The Bertz CT molecular complexity index is 1050. The first kappa shape index (κ1) is 17.5. The van der Waals surface area contributed by atoms with E-state index in [2.05, 4.69) is 4.98 Å². The molecule has 3 aromatic rings. The number of hydrogen-bond donors (Lipinski definition) is 0. The molecule has 1 saturated heterocycles. The molecule has 1 amide bonds. The zero-order valence-corrected chi connectivity index (χ0v) is 15.8. The lowest BCUT2D eigenvalue weighted by Gasteiger charge is -2.24. The van der Waals surface area contributed by atoms with Crippen LogP contribution < -0.4 is 5.69 Å². The van der Waals surface area contributed by atoms with Crippen molar-refractivity contribution in [2.45, 2.75) is 38.8 Å². The highest BCUT2D eigenvalue weighted by atomic mass is 16.2. The summed E-state index contributed by atoms with van der Waals surface area (Å²) < 4.78 is 3.33. The minimum Gasteiger partial charge on any atom is -0.334 e. The number of likely N-dealkylation sites (tertiary alicyclic amines) is 1. The number of rotatable bonds is 4. The Morgan fingerprint density at radius 1 is 1.15 bits per heavy atom. The molecular formula is C21H24N4O2. The average Bonchev–Trinajstić information content (AvgIpc) is 3.25. The predicted octanol–water partition coefficient (Wildman–Crippen LogP) is 2.80. The summed E-state index contributed by atoms with van der Waals surface area (Å²) in [7, 11) is 1.77. The maximum atomic E-state index is 12.9. The molecule has 27 heavy (non-hydrogen) atoms. The predicted molar refractivity (Wildman–Crippen MR) is 104 cm³/mol. The van der Waals surface area contributed by atoms with E-state index in [0.29, 0.717) is 13.0 Å². The first-order valence-corrected chi connectivity index (χ1v) is 9.43. The van der Waals surface area contributed by atoms with Gasteiger partial charge in [0, 0.05) is 32.3 Å². The molecule has 1 aliphatic heterocycles. The summed E-state index contributed by atoms with van der Waals surface area (Å²) in [5, 5.41) is 0. The molecule has 0 N–H and O–H groups in total. The molecule has 1 atom stereocenters. The summed E-state index contributed by atoms with van der Waals surface area (Å²) >= 11 is 0. The maximum Gasteiger partial charge on any atom is 0.328 e. The summed E-state index contributed by atoms with van der Waals surface area (Å²) in [5.74, 6) is 0.0839. The number of aryl methyl sites for hydroxylation is 3. The molecule has 0 saturated carbocycles. The Kier molecular flexibility index (Phi) is 4.56. The quantitative estimate of drug-likeness (QED) is 0.715. The number of benzene rings is 1. The van der Waals surface area contributed by atoms with Gasteiger partial charge in [-0.05, 0) is 44.0 Å². The highest BCUT2D eigenvalue weighted by molar-refractivity contribution is 5.78. The number of imidazole rings is 1. The smallest absolute Gasteiger partial charge is 0.328 e. The second kappa shape index (κ2) is 7.02. The van der Waals surface area contributed by atoms with Gasteiger partial charge in [-0.1, -0.05) is 18.2 Å². The van der Waals surface area contributed by atoms with Gasteiger partial charge in [0.2, 0.25) is 5.91 Å². The van der Waals surface area contributed by atoms with Crippen LogP contribution in [0.25, 0.3) is 11.0 Å². The van der Waals surface area contributed by atoms with Crippen LogP contribution in [0.2, 0.25) is 0 Å². The van der Waals surface area contributed by atoms with Crippen LogP contribution in [0.3, 0.4) is 0 Å². The van der Waals surface area contributed by atoms with Crippen LogP contribution in [0.15, 0.2) is 47.3 Å². The molecule has 3 heterocycles. The number of amides is 1. The zero-order chi connectivity index (χ0) is 19.0. The lowest BCUT2D eigenvalue weighted by molar-refractivity contribution is -0.132. The van der Waals surface area contributed by atoms with Gasteiger partial charge in [0.15, 0.2) is 0 Å². The molecule has 1 unspecified atom stereocenters. The van der Waals surface area contributed by atoms with Gasteiger partial charge >= 0.3 is 5.69 Å². The Morgan fingerprint density at radius 3 is 2.70 bits per heavy atom. The van der Waals surface area contributed by atoms with Crippen LogP contribution in [0.5, 0.6) is 0 Å². The number of aromatic nitrogens is 3. The van der Waals surface area contributed by atoms with Gasteiger partial charge in [0.05, 0.1) is 22.8 Å². The Labute approximate surface area is 158 Å². The lowest BCUT2D eigenvalue weighted by Crippen LogP contribution is -2.32. The van der Waals surface area contributed by atoms with Crippen molar-refractivity contribution in [1.29, 1.82) is 0 Å². The lowest BCUT2D eigenvalue weighted by atomic mass is 10.1. The molecule has 1 fully saturated rings. The standard InChI is InChI=1S/C21H24N4O2/c1-15-7-5-8-16(22-15)17-11-6-13-24(17)20(26)12-14-25-19-10-4-3-9-18(19)23(2)21(25)27/h3-5,7-10,17H,6,11-14H2,1-2H3. The summed E-state index contributed by atoms with van der Waals surface area (Å²) in [6.07, 6.45) is 2.24. The average molecular weight is 364 g/mol. The van der Waals surface area contributed by atoms with E-state index in [1.807, 2.05) is 54.3 Å². The van der Waals surface area contributed by atoms with E-state index >= 15 is 0 Å². The first-order chi connectivity index (χ1) is 13.1. The minimum absolute atomic E-state index is 0.0432. The number of fused-ring (bicyclic) bond motifs is 1. The van der Waals surface area contributed by atoms with E-state index in [1.54, 1.807) is 16.2 Å². The van der Waals surface area contributed by atoms with E-state index in [0.717, 1.165) is 41.8 Å². The van der Waals surface area contributed by atoms with E-state index < -0.39 is 0 Å². The van der Waals surface area contributed by atoms with Crippen molar-refractivity contribution in [3.8, 4) is 0 Å². The zero-order valence-electron chi connectivity index (χ0n) is 15.8. The third-order valence-electron chi connectivity index (χ3n) is 5.43. The molecule has 4 rings (SSSR count). The fourth-order valence-corrected chi connectivity index (χ4v) is 4.05. The number of para-hydroxylation sites is 2. The summed E-state index contributed by atoms with van der Waals surface area (Å²) in [6.45, 7) is 3.12. The van der Waals surface area contributed by atoms with Crippen molar-refractivity contribution >= 4 is 16.9 Å². The van der Waals surface area contributed by atoms with Crippen LogP contribution in [-0.4, -0.2) is 31.5 Å². The highest BCUT2D eigenvalue weighted by Gasteiger charge is 2.30. The topological polar surface area (TPSA) is 60.1 Å². The number of pyridine rings is 1. The summed E-state index contributed by atoms with van der Waals surface area (Å²) in [4.78, 5) is 32.0. The van der Waals surface area contributed by atoms with Crippen molar-refractivity contribution in [3.63, 3.8) is 0 Å². The maximum absolute atomic E-state index is 12.9. The number of nitrogens with zero attached hydrogens (tertiary/aromatic N) is 4. The fourth-order valence-electron chi connectivity index (χ4n) is 4.05. The van der Waals surface area contributed by atoms with E-state index in [4.69, 9.17) is 0 Å². The minimum atomic E-state index is -0.0812. The van der Waals surface area contributed by atoms with Gasteiger partial charge in [-0.25, -0.2) is 4.79 Å². The monoisotopic (exact) mass is 364 g/mol. The van der Waals surface area contributed by atoms with Crippen LogP contribution in [0.1, 0.15) is 36.7 Å². The van der Waals surface area contributed by atoms with Crippen molar-refractivity contribution < 1.29 is 4.79 Å². The largest absolute Gasteiger partial charge is 0.334 e. The Hall–Kier alpha value is -2.89. The molecular weight excluding hydrogens is 340 g/mol. The van der Waals surface area contributed by atoms with Crippen molar-refractivity contribution in [1.82, 2.24) is 19.0 Å². The van der Waals surface area contributed by atoms with Crippen LogP contribution in [0.4, 0.5) is 0 Å². The molecule has 6 nitrogen and oxygen atoms in total. The SMILES string of the molecule is Cc1cccc(C2CCCN2C(=O)CCn2c(=O)n(C)c3ccccc32)n1. The molecule has 1 aromatic carbocycles. The van der Waals surface area contributed by atoms with Gasteiger partial charge in [0.25, 0.3) is 0 Å². The highest BCUT2D eigenvalue weighted by Crippen LogP contribution is 2.31. The fraction of sp³-hybridized carbons (Fsp3) is 0.381. The molecule has 0 spiro atoms. The van der Waals surface area contributed by atoms with Crippen LogP contribution in [0, 0.1) is 6.92 Å². The second-order valence-corrected chi connectivity index (χ2v) is 7.18. The van der Waals surface area contributed by atoms with Gasteiger partial charge < -0.3 is 4.90 Å². The molecule has 0 radical (unpaired) electrons. The normalized spacial score (nSPS) is 17.0. The second-order valence-electron chi connectivity index (χ2n) is 7.18. The van der Waals surface area contributed by atoms with Crippen LogP contribution in [-0.2, 0) is 18.4 Å². The van der Waals surface area contributed by atoms with Crippen molar-refractivity contribution in [3.05, 3.63) is 64.3 Å². The van der Waals surface area contributed by atoms with Crippen molar-refractivity contribution in [2.24, 2.45) is 7.05 Å². The van der Waals surface area contributed by atoms with Gasteiger partial charge in [-0.3, -0.25) is 18.9 Å². The molecule has 0 bridgehead atoms. The molecule has 2 aromatic heterocycles. The summed E-state index contributed by atoms with van der Waals surface area (Å²) in [6, 6.07) is 13.7. The van der Waals surface area contributed by atoms with Gasteiger partial charge in [-0.15, -0.1) is 0 Å². The third-order valence-corrected chi connectivity index (χ3v) is 5.43.